The van der Waals surface area contributed by atoms with Crippen molar-refractivity contribution in [2.45, 2.75) is 44.7 Å². The first-order valence-corrected chi connectivity index (χ1v) is 7.79. The molecule has 3 atom stereocenters. The minimum Gasteiger partial charge on any atom is -0.351 e. The van der Waals surface area contributed by atoms with Crippen molar-refractivity contribution in [1.29, 1.82) is 0 Å². The molecule has 2 fully saturated rings. The van der Waals surface area contributed by atoms with Crippen LogP contribution in [0.5, 0.6) is 0 Å². The van der Waals surface area contributed by atoms with Gasteiger partial charge >= 0.3 is 0 Å². The van der Waals surface area contributed by atoms with E-state index in [4.69, 9.17) is 0 Å². The van der Waals surface area contributed by atoms with E-state index in [2.05, 4.69) is 12.2 Å². The molecule has 0 spiro atoms. The Morgan fingerprint density at radius 2 is 2.00 bits per heavy atom. The van der Waals surface area contributed by atoms with E-state index in [1.165, 1.54) is 0 Å². The lowest BCUT2D eigenvalue weighted by molar-refractivity contribution is -0.138. The van der Waals surface area contributed by atoms with Crippen molar-refractivity contribution >= 4 is 11.8 Å². The van der Waals surface area contributed by atoms with Crippen LogP contribution in [0.2, 0.25) is 0 Å². The molecule has 1 saturated heterocycles. The number of hydrogen-bond donors (Lipinski definition) is 1. The molecule has 0 bridgehead atoms. The van der Waals surface area contributed by atoms with E-state index in [-0.39, 0.29) is 17.9 Å². The highest BCUT2D eigenvalue weighted by Gasteiger charge is 2.39. The number of nitrogens with zero attached hydrogens (tertiary/aromatic N) is 1. The molecule has 0 radical (unpaired) electrons. The molecule has 1 aliphatic heterocycles. The zero-order valence-electron chi connectivity index (χ0n) is 12.4. The SMILES string of the molecule is CC1CC1NC(=O)C1CCCN1C(=O)Cc1ccccc1. The first kappa shape index (κ1) is 14.1. The zero-order chi connectivity index (χ0) is 14.8. The standard InChI is InChI=1S/C17H22N2O2/c1-12-10-14(12)18-17(21)15-8-5-9-19(15)16(20)11-13-6-3-2-4-7-13/h2-4,6-7,12,14-15H,5,8-11H2,1H3,(H,18,21). The highest BCUT2D eigenvalue weighted by atomic mass is 16.2. The first-order chi connectivity index (χ1) is 10.1. The van der Waals surface area contributed by atoms with Crippen LogP contribution in [0.1, 0.15) is 31.7 Å². The van der Waals surface area contributed by atoms with Gasteiger partial charge < -0.3 is 10.2 Å². The van der Waals surface area contributed by atoms with Crippen molar-refractivity contribution in [2.75, 3.05) is 6.54 Å². The lowest BCUT2D eigenvalue weighted by atomic mass is 10.1. The van der Waals surface area contributed by atoms with E-state index in [1.54, 1.807) is 4.90 Å². The number of hydrogen-bond acceptors (Lipinski definition) is 2. The molecule has 1 aromatic rings. The number of benzene rings is 1. The van der Waals surface area contributed by atoms with E-state index in [9.17, 15) is 9.59 Å². The van der Waals surface area contributed by atoms with Gasteiger partial charge in [0.2, 0.25) is 11.8 Å². The number of likely N-dealkylation sites (tertiary alicyclic amines) is 1. The Morgan fingerprint density at radius 1 is 1.29 bits per heavy atom. The Morgan fingerprint density at radius 3 is 2.67 bits per heavy atom. The predicted molar refractivity (Wildman–Crippen MR) is 80.6 cm³/mol. The highest BCUT2D eigenvalue weighted by molar-refractivity contribution is 5.89. The third kappa shape index (κ3) is 3.26. The second-order valence-electron chi connectivity index (χ2n) is 6.24. The van der Waals surface area contributed by atoms with Gasteiger partial charge in [-0.3, -0.25) is 9.59 Å². The molecule has 3 rings (SSSR count). The van der Waals surface area contributed by atoms with Crippen LogP contribution in [-0.4, -0.2) is 35.3 Å². The van der Waals surface area contributed by atoms with Gasteiger partial charge in [-0.1, -0.05) is 37.3 Å². The van der Waals surface area contributed by atoms with Crippen molar-refractivity contribution in [2.24, 2.45) is 5.92 Å². The van der Waals surface area contributed by atoms with Gasteiger partial charge in [0.25, 0.3) is 0 Å². The fourth-order valence-electron chi connectivity index (χ4n) is 3.01. The molecule has 1 N–H and O–H groups in total. The van der Waals surface area contributed by atoms with Crippen LogP contribution in [0.4, 0.5) is 0 Å². The Labute approximate surface area is 125 Å². The smallest absolute Gasteiger partial charge is 0.243 e. The first-order valence-electron chi connectivity index (χ1n) is 7.79. The molecule has 1 heterocycles. The number of amides is 2. The Balaban J connectivity index is 1.60. The zero-order valence-corrected chi connectivity index (χ0v) is 12.4. The second-order valence-corrected chi connectivity index (χ2v) is 6.24. The Hall–Kier alpha value is -1.84. The van der Waals surface area contributed by atoms with Crippen LogP contribution in [0, 0.1) is 5.92 Å². The quantitative estimate of drug-likeness (QED) is 0.916. The number of nitrogens with one attached hydrogen (secondary N) is 1. The second kappa shape index (κ2) is 5.88. The number of rotatable bonds is 4. The average Bonchev–Trinajstić information content (AvgIpc) is 2.98. The maximum absolute atomic E-state index is 12.4. The van der Waals surface area contributed by atoms with Crippen molar-refractivity contribution in [3.05, 3.63) is 35.9 Å². The van der Waals surface area contributed by atoms with Gasteiger partial charge in [0.15, 0.2) is 0 Å². The molecule has 21 heavy (non-hydrogen) atoms. The van der Waals surface area contributed by atoms with E-state index >= 15 is 0 Å². The number of carbonyl (C=O) groups is 2. The molecule has 1 aliphatic carbocycles. The topological polar surface area (TPSA) is 49.4 Å². The fraction of sp³-hybridized carbons (Fsp3) is 0.529. The molecule has 4 nitrogen and oxygen atoms in total. The van der Waals surface area contributed by atoms with Crippen molar-refractivity contribution in [3.8, 4) is 0 Å². The lowest BCUT2D eigenvalue weighted by Gasteiger charge is -2.24. The van der Waals surface area contributed by atoms with Crippen LogP contribution in [0.3, 0.4) is 0 Å². The third-order valence-electron chi connectivity index (χ3n) is 4.51. The minimum atomic E-state index is -0.269. The molecular formula is C17H22N2O2. The van der Waals surface area contributed by atoms with Crippen LogP contribution in [0.15, 0.2) is 30.3 Å². The molecular weight excluding hydrogens is 264 g/mol. The normalized spacial score (nSPS) is 27.5. The summed E-state index contributed by atoms with van der Waals surface area (Å²) >= 11 is 0. The Bertz CT molecular complexity index is 529. The average molecular weight is 286 g/mol. The molecule has 4 heteroatoms. The lowest BCUT2D eigenvalue weighted by Crippen LogP contribution is -2.47. The van der Waals surface area contributed by atoms with E-state index in [1.807, 2.05) is 30.3 Å². The summed E-state index contributed by atoms with van der Waals surface area (Å²) in [5, 5.41) is 3.06. The highest BCUT2D eigenvalue weighted by Crippen LogP contribution is 2.30. The molecule has 112 valence electrons. The van der Waals surface area contributed by atoms with Crippen LogP contribution < -0.4 is 5.32 Å². The van der Waals surface area contributed by atoms with E-state index < -0.39 is 0 Å². The summed E-state index contributed by atoms with van der Waals surface area (Å²) in [5.41, 5.74) is 1.00. The van der Waals surface area contributed by atoms with Gasteiger partial charge in [-0.05, 0) is 30.7 Å². The predicted octanol–water partition coefficient (Wildman–Crippen LogP) is 1.74. The summed E-state index contributed by atoms with van der Waals surface area (Å²) in [6, 6.07) is 9.77. The van der Waals surface area contributed by atoms with Gasteiger partial charge in [-0.25, -0.2) is 0 Å². The molecule has 3 unspecified atom stereocenters. The third-order valence-corrected chi connectivity index (χ3v) is 4.51. The molecule has 1 aromatic carbocycles. The van der Waals surface area contributed by atoms with Crippen molar-refractivity contribution < 1.29 is 9.59 Å². The van der Waals surface area contributed by atoms with Gasteiger partial charge in [0, 0.05) is 12.6 Å². The van der Waals surface area contributed by atoms with Crippen molar-refractivity contribution in [3.63, 3.8) is 0 Å². The van der Waals surface area contributed by atoms with Gasteiger partial charge in [0.05, 0.1) is 6.42 Å². The molecule has 0 aromatic heterocycles. The Kier molecular flexibility index (Phi) is 3.95. The maximum Gasteiger partial charge on any atom is 0.243 e. The summed E-state index contributed by atoms with van der Waals surface area (Å²) < 4.78 is 0. The maximum atomic E-state index is 12.4. The van der Waals surface area contributed by atoms with Gasteiger partial charge in [0.1, 0.15) is 6.04 Å². The summed E-state index contributed by atoms with van der Waals surface area (Å²) in [5.74, 6) is 0.676. The molecule has 2 aliphatic rings. The van der Waals surface area contributed by atoms with Crippen LogP contribution >= 0.6 is 0 Å². The minimum absolute atomic E-state index is 0.0308. The number of carbonyl (C=O) groups excluding carboxylic acids is 2. The largest absolute Gasteiger partial charge is 0.351 e. The van der Waals surface area contributed by atoms with Crippen LogP contribution in [-0.2, 0) is 16.0 Å². The van der Waals surface area contributed by atoms with Gasteiger partial charge in [-0.15, -0.1) is 0 Å². The summed E-state index contributed by atoms with van der Waals surface area (Å²) in [7, 11) is 0. The summed E-state index contributed by atoms with van der Waals surface area (Å²) in [4.78, 5) is 26.5. The fourth-order valence-corrected chi connectivity index (χ4v) is 3.01. The summed E-state index contributed by atoms with van der Waals surface area (Å²) in [6.07, 6.45) is 3.15. The molecule has 1 saturated carbocycles. The van der Waals surface area contributed by atoms with Crippen molar-refractivity contribution in [1.82, 2.24) is 10.2 Å². The monoisotopic (exact) mass is 286 g/mol. The van der Waals surface area contributed by atoms with E-state index in [0.29, 0.717) is 24.9 Å². The van der Waals surface area contributed by atoms with E-state index in [0.717, 1.165) is 24.8 Å². The summed E-state index contributed by atoms with van der Waals surface area (Å²) in [6.45, 7) is 2.84. The molecule has 2 amide bonds. The van der Waals surface area contributed by atoms with Crippen LogP contribution in [0.25, 0.3) is 0 Å². The van der Waals surface area contributed by atoms with Gasteiger partial charge in [-0.2, -0.15) is 0 Å².